The van der Waals surface area contributed by atoms with Gasteiger partial charge in [-0.05, 0) is 44.2 Å². The summed E-state index contributed by atoms with van der Waals surface area (Å²) in [6.45, 7) is 5.58. The minimum atomic E-state index is -4.39. The number of fused-ring (bicyclic) bond motifs is 1. The van der Waals surface area contributed by atoms with Crippen LogP contribution in [0, 0.1) is 0 Å². The molecule has 4 nitrogen and oxygen atoms in total. The highest BCUT2D eigenvalue weighted by atomic mass is 19.4. The van der Waals surface area contributed by atoms with Crippen LogP contribution in [0.4, 0.5) is 30.6 Å². The first kappa shape index (κ1) is 18.0. The summed E-state index contributed by atoms with van der Waals surface area (Å²) in [6, 6.07) is 12.6. The Hall–Kier alpha value is -2.83. The number of hydrogen-bond acceptors (Lipinski definition) is 4. The first-order valence-electron chi connectivity index (χ1n) is 8.38. The average molecular weight is 360 g/mol. The van der Waals surface area contributed by atoms with Crippen LogP contribution in [0.2, 0.25) is 0 Å². The Morgan fingerprint density at radius 3 is 2.38 bits per heavy atom. The van der Waals surface area contributed by atoms with Gasteiger partial charge in [0, 0.05) is 24.2 Å². The summed E-state index contributed by atoms with van der Waals surface area (Å²) < 4.78 is 38.7. The third-order valence-electron chi connectivity index (χ3n) is 4.09. The number of alkyl halides is 3. The molecule has 0 amide bonds. The molecule has 136 valence electrons. The molecule has 1 heterocycles. The molecule has 3 rings (SSSR count). The molecule has 0 atom stereocenters. The van der Waals surface area contributed by atoms with Crippen molar-refractivity contribution in [2.75, 3.05) is 23.3 Å². The van der Waals surface area contributed by atoms with Crippen molar-refractivity contribution < 1.29 is 13.2 Å². The summed E-state index contributed by atoms with van der Waals surface area (Å²) in [4.78, 5) is 11.1. The second kappa shape index (κ2) is 7.19. The van der Waals surface area contributed by atoms with Gasteiger partial charge in [-0.1, -0.05) is 18.2 Å². The third kappa shape index (κ3) is 3.71. The van der Waals surface area contributed by atoms with Gasteiger partial charge < -0.3 is 10.2 Å². The fourth-order valence-electron chi connectivity index (χ4n) is 2.78. The summed E-state index contributed by atoms with van der Waals surface area (Å²) in [5.74, 6) is 1.03. The minimum Gasteiger partial charge on any atom is -0.356 e. The van der Waals surface area contributed by atoms with Gasteiger partial charge in [-0.15, -0.1) is 0 Å². The van der Waals surface area contributed by atoms with Crippen molar-refractivity contribution >= 4 is 28.4 Å². The number of aromatic nitrogens is 2. The van der Waals surface area contributed by atoms with Gasteiger partial charge in [0.25, 0.3) is 0 Å². The zero-order valence-electron chi connectivity index (χ0n) is 14.5. The van der Waals surface area contributed by atoms with Crippen LogP contribution in [0.3, 0.4) is 0 Å². The standard InChI is InChI=1S/C19H19F3N4/c1-3-26(4-2)17-15-10-5-6-11-16(15)24-18(25-17)23-14-9-7-8-13(12-14)19(20,21)22/h5-12H,3-4H2,1-2H3,(H,23,24,25). The zero-order chi connectivity index (χ0) is 18.7. The Balaban J connectivity index is 2.03. The maximum absolute atomic E-state index is 12.9. The molecule has 0 aliphatic carbocycles. The molecule has 0 saturated heterocycles. The Labute approximate surface area is 149 Å². The second-order valence-corrected chi connectivity index (χ2v) is 5.76. The van der Waals surface area contributed by atoms with Crippen LogP contribution in [0.1, 0.15) is 19.4 Å². The van der Waals surface area contributed by atoms with Crippen molar-refractivity contribution in [3.05, 3.63) is 54.1 Å². The lowest BCUT2D eigenvalue weighted by Crippen LogP contribution is -2.23. The van der Waals surface area contributed by atoms with Crippen molar-refractivity contribution in [3.63, 3.8) is 0 Å². The molecule has 0 saturated carbocycles. The monoisotopic (exact) mass is 360 g/mol. The fourth-order valence-corrected chi connectivity index (χ4v) is 2.78. The summed E-state index contributed by atoms with van der Waals surface area (Å²) in [5.41, 5.74) is 0.312. The molecule has 1 N–H and O–H groups in total. The molecule has 3 aromatic rings. The van der Waals surface area contributed by atoms with E-state index in [-0.39, 0.29) is 5.95 Å². The Morgan fingerprint density at radius 2 is 1.69 bits per heavy atom. The molecule has 0 spiro atoms. The number of anilines is 3. The predicted molar refractivity (Wildman–Crippen MR) is 97.8 cm³/mol. The lowest BCUT2D eigenvalue weighted by molar-refractivity contribution is -0.137. The van der Waals surface area contributed by atoms with E-state index in [4.69, 9.17) is 0 Å². The molecule has 2 aromatic carbocycles. The number of halogens is 3. The van der Waals surface area contributed by atoms with Gasteiger partial charge >= 0.3 is 6.18 Å². The van der Waals surface area contributed by atoms with Crippen LogP contribution in [0.5, 0.6) is 0 Å². The highest BCUT2D eigenvalue weighted by Gasteiger charge is 2.30. The molecule has 0 fully saturated rings. The van der Waals surface area contributed by atoms with E-state index in [1.165, 1.54) is 6.07 Å². The molecular weight excluding hydrogens is 341 g/mol. The second-order valence-electron chi connectivity index (χ2n) is 5.76. The highest BCUT2D eigenvalue weighted by Crippen LogP contribution is 2.32. The summed E-state index contributed by atoms with van der Waals surface area (Å²) in [6.07, 6.45) is -4.39. The van der Waals surface area contributed by atoms with E-state index in [1.807, 2.05) is 38.1 Å². The van der Waals surface area contributed by atoms with Crippen LogP contribution in [-0.4, -0.2) is 23.1 Å². The van der Waals surface area contributed by atoms with Crippen LogP contribution in [0.25, 0.3) is 10.9 Å². The Bertz CT molecular complexity index is 905. The predicted octanol–water partition coefficient (Wildman–Crippen LogP) is 5.24. The van der Waals surface area contributed by atoms with E-state index >= 15 is 0 Å². The van der Waals surface area contributed by atoms with Crippen LogP contribution in [-0.2, 0) is 6.18 Å². The average Bonchev–Trinajstić information content (AvgIpc) is 2.62. The summed E-state index contributed by atoms with van der Waals surface area (Å²) in [5, 5.41) is 3.81. The number of benzene rings is 2. The van der Waals surface area contributed by atoms with E-state index in [9.17, 15) is 13.2 Å². The van der Waals surface area contributed by atoms with Crippen molar-refractivity contribution in [3.8, 4) is 0 Å². The van der Waals surface area contributed by atoms with Gasteiger partial charge in [0.05, 0.1) is 11.1 Å². The van der Waals surface area contributed by atoms with E-state index in [2.05, 4.69) is 20.2 Å². The lowest BCUT2D eigenvalue weighted by atomic mass is 10.2. The van der Waals surface area contributed by atoms with Gasteiger partial charge in [-0.3, -0.25) is 0 Å². The zero-order valence-corrected chi connectivity index (χ0v) is 14.5. The SMILES string of the molecule is CCN(CC)c1nc(Nc2cccc(C(F)(F)F)c2)nc2ccccc12. The van der Waals surface area contributed by atoms with Crippen molar-refractivity contribution in [1.82, 2.24) is 9.97 Å². The smallest absolute Gasteiger partial charge is 0.356 e. The van der Waals surface area contributed by atoms with Crippen molar-refractivity contribution in [2.45, 2.75) is 20.0 Å². The Morgan fingerprint density at radius 1 is 0.962 bits per heavy atom. The van der Waals surface area contributed by atoms with Crippen LogP contribution in [0.15, 0.2) is 48.5 Å². The van der Waals surface area contributed by atoms with E-state index in [1.54, 1.807) is 6.07 Å². The quantitative estimate of drug-likeness (QED) is 0.676. The minimum absolute atomic E-state index is 0.268. The van der Waals surface area contributed by atoms with Crippen molar-refractivity contribution in [1.29, 1.82) is 0 Å². The molecule has 7 heteroatoms. The van der Waals surface area contributed by atoms with Gasteiger partial charge in [-0.25, -0.2) is 4.98 Å². The lowest BCUT2D eigenvalue weighted by Gasteiger charge is -2.22. The first-order valence-corrected chi connectivity index (χ1v) is 8.38. The molecule has 0 aliphatic rings. The van der Waals surface area contributed by atoms with E-state index < -0.39 is 11.7 Å². The highest BCUT2D eigenvalue weighted by molar-refractivity contribution is 5.90. The number of para-hydroxylation sites is 1. The van der Waals surface area contributed by atoms with E-state index in [0.717, 1.165) is 41.9 Å². The van der Waals surface area contributed by atoms with E-state index in [0.29, 0.717) is 5.69 Å². The maximum Gasteiger partial charge on any atom is 0.416 e. The molecule has 1 aromatic heterocycles. The molecule has 0 unspecified atom stereocenters. The molecule has 0 bridgehead atoms. The molecule has 0 radical (unpaired) electrons. The van der Waals surface area contributed by atoms with Gasteiger partial charge in [0.15, 0.2) is 0 Å². The number of nitrogens with one attached hydrogen (secondary N) is 1. The topological polar surface area (TPSA) is 41.1 Å². The fraction of sp³-hybridized carbons (Fsp3) is 0.263. The maximum atomic E-state index is 12.9. The Kier molecular flexibility index (Phi) is 4.97. The van der Waals surface area contributed by atoms with Gasteiger partial charge in [-0.2, -0.15) is 18.2 Å². The van der Waals surface area contributed by atoms with Gasteiger partial charge in [0.2, 0.25) is 5.95 Å². The first-order chi connectivity index (χ1) is 12.4. The number of nitrogens with zero attached hydrogens (tertiary/aromatic N) is 3. The third-order valence-corrected chi connectivity index (χ3v) is 4.09. The van der Waals surface area contributed by atoms with Gasteiger partial charge in [0.1, 0.15) is 5.82 Å². The van der Waals surface area contributed by atoms with Crippen LogP contribution < -0.4 is 10.2 Å². The normalized spacial score (nSPS) is 11.6. The number of hydrogen-bond donors (Lipinski definition) is 1. The van der Waals surface area contributed by atoms with Crippen LogP contribution >= 0.6 is 0 Å². The summed E-state index contributed by atoms with van der Waals surface area (Å²) >= 11 is 0. The molecular formula is C19H19F3N4. The molecule has 26 heavy (non-hydrogen) atoms. The molecule has 0 aliphatic heterocycles. The number of rotatable bonds is 5. The van der Waals surface area contributed by atoms with Crippen molar-refractivity contribution in [2.24, 2.45) is 0 Å². The summed E-state index contributed by atoms with van der Waals surface area (Å²) in [7, 11) is 0. The largest absolute Gasteiger partial charge is 0.416 e.